The number of anilines is 3. The summed E-state index contributed by atoms with van der Waals surface area (Å²) in [5.41, 5.74) is 17.4. The number of nitrogens with zero attached hydrogens (tertiary/aromatic N) is 2. The topological polar surface area (TPSA) is 21.3 Å². The quantitative estimate of drug-likeness (QED) is 0.190. The van der Waals surface area contributed by atoms with Crippen LogP contribution >= 0.6 is 0 Å². The number of aromatic nitrogens is 1. The number of rotatable bonds is 4. The first-order valence-electron chi connectivity index (χ1n) is 16.6. The van der Waals surface area contributed by atoms with Gasteiger partial charge >= 0.3 is 6.85 Å². The Hall–Kier alpha value is -5.22. The van der Waals surface area contributed by atoms with Crippen LogP contribution in [0, 0.1) is 13.8 Å². The summed E-state index contributed by atoms with van der Waals surface area (Å²) in [5.74, 6) is 0. The van der Waals surface area contributed by atoms with E-state index in [4.69, 9.17) is 4.42 Å². The molecule has 0 saturated carbocycles. The van der Waals surface area contributed by atoms with Crippen molar-refractivity contribution in [3.8, 4) is 11.1 Å². The fraction of sp³-hybridized carbons (Fsp3) is 0.143. The lowest BCUT2D eigenvalue weighted by atomic mass is 9.44. The second kappa shape index (κ2) is 9.40. The smallest absolute Gasteiger partial charge is 0.333 e. The molecule has 220 valence electrons. The van der Waals surface area contributed by atoms with Crippen LogP contribution in [0.5, 0.6) is 0 Å². The fourth-order valence-electron chi connectivity index (χ4n) is 8.58. The number of fused-ring (bicyclic) bond motifs is 11. The summed E-state index contributed by atoms with van der Waals surface area (Å²) >= 11 is 0. The van der Waals surface area contributed by atoms with Gasteiger partial charge in [0.2, 0.25) is 0 Å². The number of unbranched alkanes of at least 4 members (excludes halogenated alkanes) is 1. The predicted molar refractivity (Wildman–Crippen MR) is 195 cm³/mol. The van der Waals surface area contributed by atoms with Gasteiger partial charge in [-0.1, -0.05) is 91.7 Å². The molecule has 4 heteroatoms. The van der Waals surface area contributed by atoms with Crippen LogP contribution in [0.3, 0.4) is 0 Å². The first-order chi connectivity index (χ1) is 22.6. The maximum atomic E-state index is 6.72. The van der Waals surface area contributed by atoms with Crippen LogP contribution in [0.4, 0.5) is 17.1 Å². The third-order valence-corrected chi connectivity index (χ3v) is 10.4. The molecule has 0 fully saturated rings. The van der Waals surface area contributed by atoms with Crippen molar-refractivity contribution >= 4 is 78.6 Å². The van der Waals surface area contributed by atoms with E-state index in [2.05, 4.69) is 139 Å². The van der Waals surface area contributed by atoms with Gasteiger partial charge in [0.1, 0.15) is 11.2 Å². The fourth-order valence-corrected chi connectivity index (χ4v) is 8.58. The summed E-state index contributed by atoms with van der Waals surface area (Å²) < 4.78 is 9.36. The minimum atomic E-state index is 0.0240. The maximum absolute atomic E-state index is 6.72. The van der Waals surface area contributed by atoms with E-state index in [-0.39, 0.29) is 6.85 Å². The number of hydrogen-bond acceptors (Lipinski definition) is 2. The van der Waals surface area contributed by atoms with Gasteiger partial charge in [-0.15, -0.1) is 0 Å². The molecular formula is C42H33BN2O. The molecule has 0 bridgehead atoms. The molecule has 4 heterocycles. The Morgan fingerprint density at radius 3 is 2.41 bits per heavy atom. The molecule has 8 aromatic rings. The molecular weight excluding hydrogens is 559 g/mol. The zero-order valence-electron chi connectivity index (χ0n) is 26.4. The Bertz CT molecular complexity index is 2570. The second-order valence-electron chi connectivity index (χ2n) is 13.3. The maximum Gasteiger partial charge on any atom is 0.333 e. The Kier molecular flexibility index (Phi) is 5.32. The summed E-state index contributed by atoms with van der Waals surface area (Å²) in [6, 6.07) is 40.9. The molecule has 0 aliphatic carbocycles. The number of furan rings is 1. The van der Waals surface area contributed by atoms with Gasteiger partial charge < -0.3 is 13.8 Å². The van der Waals surface area contributed by atoms with Gasteiger partial charge in [0.25, 0.3) is 0 Å². The Morgan fingerprint density at radius 1 is 0.696 bits per heavy atom. The predicted octanol–water partition coefficient (Wildman–Crippen LogP) is 10.1. The lowest BCUT2D eigenvalue weighted by Crippen LogP contribution is -2.56. The van der Waals surface area contributed by atoms with E-state index in [0.29, 0.717) is 0 Å². The molecule has 0 radical (unpaired) electrons. The number of hydrogen-bond donors (Lipinski definition) is 0. The molecule has 46 heavy (non-hydrogen) atoms. The van der Waals surface area contributed by atoms with Crippen LogP contribution in [0.1, 0.15) is 36.5 Å². The van der Waals surface area contributed by atoms with E-state index in [1.165, 1.54) is 101 Å². The van der Waals surface area contributed by atoms with Gasteiger partial charge in [0, 0.05) is 61.3 Å². The van der Waals surface area contributed by atoms with Crippen molar-refractivity contribution in [1.82, 2.24) is 4.48 Å². The van der Waals surface area contributed by atoms with Gasteiger partial charge in [-0.05, 0) is 84.6 Å². The van der Waals surface area contributed by atoms with Crippen molar-refractivity contribution in [2.75, 3.05) is 4.90 Å². The van der Waals surface area contributed by atoms with E-state index in [0.717, 1.165) is 17.6 Å². The molecule has 2 aromatic heterocycles. The molecule has 0 amide bonds. The SMILES string of the molecule is CCCCc1cc(C)cc(N2c3ccc(C)cc3B3c4c2cc2oc5ccccc5c2c4-c2cccc4c5ccccc5n3c24)c1. The van der Waals surface area contributed by atoms with Crippen molar-refractivity contribution in [3.05, 3.63) is 126 Å². The summed E-state index contributed by atoms with van der Waals surface area (Å²) in [4.78, 5) is 2.52. The van der Waals surface area contributed by atoms with Crippen LogP contribution in [-0.2, 0) is 6.42 Å². The highest BCUT2D eigenvalue weighted by Crippen LogP contribution is 2.49. The molecule has 3 nitrogen and oxygen atoms in total. The Morgan fingerprint density at radius 2 is 1.52 bits per heavy atom. The third-order valence-electron chi connectivity index (χ3n) is 10.4. The van der Waals surface area contributed by atoms with Crippen molar-refractivity contribution in [2.24, 2.45) is 0 Å². The van der Waals surface area contributed by atoms with Crippen LogP contribution in [0.15, 0.2) is 114 Å². The van der Waals surface area contributed by atoms with E-state index in [1.807, 2.05) is 0 Å². The number of benzene rings is 6. The standard InChI is InChI=1S/C42H33BN2O/c1-4-5-11-27-20-26(3)21-28(23-27)44-35-19-18-25(2)22-33(35)43-41-36(44)24-38-39(31-13-7-9-17-37(31)46-38)40(41)32-15-10-14-30-29-12-6-8-16-34(29)45(43)42(30)32/h6-10,12-24H,4-5,11H2,1-3H3. The molecule has 2 aliphatic rings. The molecule has 2 aliphatic heterocycles. The van der Waals surface area contributed by atoms with Gasteiger partial charge in [0.05, 0.1) is 0 Å². The minimum absolute atomic E-state index is 0.0240. The van der Waals surface area contributed by atoms with Gasteiger partial charge in [-0.25, -0.2) is 0 Å². The van der Waals surface area contributed by atoms with E-state index >= 15 is 0 Å². The second-order valence-corrected chi connectivity index (χ2v) is 13.3. The van der Waals surface area contributed by atoms with Crippen LogP contribution in [-0.4, -0.2) is 11.3 Å². The van der Waals surface area contributed by atoms with E-state index < -0.39 is 0 Å². The molecule has 10 rings (SSSR count). The van der Waals surface area contributed by atoms with Crippen molar-refractivity contribution in [2.45, 2.75) is 40.0 Å². The van der Waals surface area contributed by atoms with Crippen molar-refractivity contribution < 1.29 is 4.42 Å². The average molecular weight is 593 g/mol. The van der Waals surface area contributed by atoms with Crippen LogP contribution in [0.2, 0.25) is 0 Å². The minimum Gasteiger partial charge on any atom is -0.456 e. The van der Waals surface area contributed by atoms with Crippen LogP contribution in [0.25, 0.3) is 54.9 Å². The molecule has 0 spiro atoms. The molecule has 0 N–H and O–H groups in total. The lowest BCUT2D eigenvalue weighted by Gasteiger charge is -2.41. The molecule has 0 atom stereocenters. The Labute approximate surface area is 268 Å². The highest BCUT2D eigenvalue weighted by molar-refractivity contribution is 6.90. The van der Waals surface area contributed by atoms with Crippen molar-refractivity contribution in [3.63, 3.8) is 0 Å². The third kappa shape index (κ3) is 3.39. The number of aryl methyl sites for hydroxylation is 3. The van der Waals surface area contributed by atoms with Crippen molar-refractivity contribution in [1.29, 1.82) is 0 Å². The first kappa shape index (κ1) is 26.0. The monoisotopic (exact) mass is 592 g/mol. The van der Waals surface area contributed by atoms with Crippen LogP contribution < -0.4 is 15.8 Å². The highest BCUT2D eigenvalue weighted by Gasteiger charge is 2.44. The average Bonchev–Trinajstić information content (AvgIpc) is 3.61. The summed E-state index contributed by atoms with van der Waals surface area (Å²) in [6.45, 7) is 6.76. The summed E-state index contributed by atoms with van der Waals surface area (Å²) in [7, 11) is 0. The van der Waals surface area contributed by atoms with E-state index in [1.54, 1.807) is 0 Å². The van der Waals surface area contributed by atoms with Gasteiger partial charge in [-0.2, -0.15) is 0 Å². The molecule has 0 unspecified atom stereocenters. The zero-order chi connectivity index (χ0) is 30.7. The number of para-hydroxylation sites is 3. The summed E-state index contributed by atoms with van der Waals surface area (Å²) in [5, 5.41) is 5.00. The zero-order valence-corrected chi connectivity index (χ0v) is 26.4. The largest absolute Gasteiger partial charge is 0.456 e. The van der Waals surface area contributed by atoms with Gasteiger partial charge in [0.15, 0.2) is 0 Å². The first-order valence-corrected chi connectivity index (χ1v) is 16.6. The normalized spacial score (nSPS) is 13.3. The van der Waals surface area contributed by atoms with E-state index in [9.17, 15) is 0 Å². The summed E-state index contributed by atoms with van der Waals surface area (Å²) in [6.07, 6.45) is 3.46. The Balaban J connectivity index is 1.41. The molecule has 6 aromatic carbocycles. The highest BCUT2D eigenvalue weighted by atomic mass is 16.3. The molecule has 0 saturated heterocycles. The lowest BCUT2D eigenvalue weighted by molar-refractivity contribution is 0.669. The van der Waals surface area contributed by atoms with Gasteiger partial charge in [-0.3, -0.25) is 0 Å².